The van der Waals surface area contributed by atoms with Crippen molar-refractivity contribution >= 4 is 0 Å². The maximum Gasteiger partial charge on any atom is 0.0507 e. The molecule has 2 rings (SSSR count). The van der Waals surface area contributed by atoms with Crippen LogP contribution in [-0.2, 0) is 0 Å². The van der Waals surface area contributed by atoms with E-state index in [9.17, 15) is 0 Å². The minimum absolute atomic E-state index is 0.150. The largest absolute Gasteiger partial charge is 0.315 e. The Kier molecular flexibility index (Phi) is 15.2. The summed E-state index contributed by atoms with van der Waals surface area (Å²) in [6, 6.07) is 10.9. The molecule has 1 aromatic rings. The molecule has 208 valence electrons. The first-order valence-corrected chi connectivity index (χ1v) is 15.4. The Bertz CT molecular complexity index is 637. The summed E-state index contributed by atoms with van der Waals surface area (Å²) in [4.78, 5) is 5.55. The zero-order chi connectivity index (χ0) is 26.2. The van der Waals surface area contributed by atoms with Gasteiger partial charge in [0.15, 0.2) is 0 Å². The predicted molar refractivity (Wildman–Crippen MR) is 159 cm³/mol. The van der Waals surface area contributed by atoms with Crippen LogP contribution in [0.15, 0.2) is 30.3 Å². The summed E-state index contributed by atoms with van der Waals surface area (Å²) in [6.07, 6.45) is 10.7. The highest BCUT2D eigenvalue weighted by Gasteiger charge is 2.35. The maximum atomic E-state index is 3.99. The minimum atomic E-state index is 0.150. The highest BCUT2D eigenvalue weighted by atomic mass is 15.4. The molecule has 0 saturated carbocycles. The summed E-state index contributed by atoms with van der Waals surface area (Å²) in [5.74, 6) is 2.21. The molecule has 1 aromatic carbocycles. The van der Waals surface area contributed by atoms with Gasteiger partial charge in [0.2, 0.25) is 0 Å². The lowest BCUT2D eigenvalue weighted by Gasteiger charge is -2.48. The molecule has 0 aliphatic carbocycles. The van der Waals surface area contributed by atoms with Crippen molar-refractivity contribution in [3.05, 3.63) is 35.9 Å². The van der Waals surface area contributed by atoms with Crippen molar-refractivity contribution in [2.45, 2.75) is 104 Å². The highest BCUT2D eigenvalue weighted by Crippen LogP contribution is 2.23. The van der Waals surface area contributed by atoms with Crippen molar-refractivity contribution in [1.82, 2.24) is 20.4 Å². The Morgan fingerprint density at radius 2 is 1.39 bits per heavy atom. The molecule has 0 radical (unpaired) electrons. The summed E-state index contributed by atoms with van der Waals surface area (Å²) in [6.45, 7) is 23.3. The van der Waals surface area contributed by atoms with Crippen LogP contribution in [0.5, 0.6) is 0 Å². The number of nitrogens with zero attached hydrogens (tertiary/aromatic N) is 2. The van der Waals surface area contributed by atoms with Gasteiger partial charge in [-0.2, -0.15) is 0 Å². The smallest absolute Gasteiger partial charge is 0.0507 e. The van der Waals surface area contributed by atoms with Crippen LogP contribution in [0.3, 0.4) is 0 Å². The van der Waals surface area contributed by atoms with Gasteiger partial charge in [-0.1, -0.05) is 103 Å². The molecule has 1 fully saturated rings. The van der Waals surface area contributed by atoms with Crippen molar-refractivity contribution in [2.75, 3.05) is 52.5 Å². The van der Waals surface area contributed by atoms with E-state index in [-0.39, 0.29) is 5.54 Å². The Morgan fingerprint density at radius 1 is 0.833 bits per heavy atom. The number of rotatable bonds is 19. The van der Waals surface area contributed by atoms with E-state index in [4.69, 9.17) is 0 Å². The SMILES string of the molecule is CCCCC(CC)CN1CN(CC(CC)CCCC)CC(C)(NCCNCC(C)c2ccccc2)C1. The van der Waals surface area contributed by atoms with Gasteiger partial charge in [-0.05, 0) is 43.1 Å². The van der Waals surface area contributed by atoms with Crippen LogP contribution in [-0.4, -0.2) is 67.8 Å². The third-order valence-electron chi connectivity index (χ3n) is 8.34. The lowest BCUT2D eigenvalue weighted by atomic mass is 9.93. The minimum Gasteiger partial charge on any atom is -0.315 e. The van der Waals surface area contributed by atoms with Gasteiger partial charge >= 0.3 is 0 Å². The van der Waals surface area contributed by atoms with Crippen LogP contribution < -0.4 is 10.6 Å². The Labute approximate surface area is 225 Å². The van der Waals surface area contributed by atoms with E-state index in [2.05, 4.69) is 92.3 Å². The molecule has 4 nitrogen and oxygen atoms in total. The summed E-state index contributed by atoms with van der Waals surface area (Å²) >= 11 is 0. The van der Waals surface area contributed by atoms with E-state index in [1.165, 1.54) is 70.0 Å². The van der Waals surface area contributed by atoms with E-state index >= 15 is 0 Å². The third-order valence-corrected chi connectivity index (χ3v) is 8.34. The molecule has 0 bridgehead atoms. The molecule has 36 heavy (non-hydrogen) atoms. The van der Waals surface area contributed by atoms with Gasteiger partial charge in [0.05, 0.1) is 6.67 Å². The monoisotopic (exact) mass is 500 g/mol. The fourth-order valence-electron chi connectivity index (χ4n) is 6.01. The fourth-order valence-corrected chi connectivity index (χ4v) is 6.01. The molecule has 1 heterocycles. The Hall–Kier alpha value is -0.940. The van der Waals surface area contributed by atoms with Gasteiger partial charge in [-0.15, -0.1) is 0 Å². The van der Waals surface area contributed by atoms with E-state index in [1.807, 2.05) is 0 Å². The summed E-state index contributed by atoms with van der Waals surface area (Å²) < 4.78 is 0. The average Bonchev–Trinajstić information content (AvgIpc) is 2.88. The van der Waals surface area contributed by atoms with Gasteiger partial charge in [0.1, 0.15) is 0 Å². The standard InChI is InChI=1S/C32H60N4/c1-7-11-16-29(9-3)23-35-25-32(6,26-36(27-35)24-30(10-4)17-12-8-2)34-21-20-33-22-28(5)31-18-14-13-15-19-31/h13-15,18-19,28-30,33-34H,7-12,16-17,20-27H2,1-6H3. The second-order valence-electron chi connectivity index (χ2n) is 12.0. The van der Waals surface area contributed by atoms with Gasteiger partial charge in [0.25, 0.3) is 0 Å². The van der Waals surface area contributed by atoms with Crippen LogP contribution in [0.2, 0.25) is 0 Å². The molecule has 4 heteroatoms. The first-order valence-electron chi connectivity index (χ1n) is 15.4. The van der Waals surface area contributed by atoms with Crippen molar-refractivity contribution in [3.8, 4) is 0 Å². The van der Waals surface area contributed by atoms with Crippen LogP contribution in [0.4, 0.5) is 0 Å². The van der Waals surface area contributed by atoms with Gasteiger partial charge in [-0.25, -0.2) is 0 Å². The van der Waals surface area contributed by atoms with Crippen LogP contribution >= 0.6 is 0 Å². The number of hydrogen-bond acceptors (Lipinski definition) is 4. The molecule has 1 saturated heterocycles. The summed E-state index contributed by atoms with van der Waals surface area (Å²) in [5, 5.41) is 7.70. The lowest BCUT2D eigenvalue weighted by molar-refractivity contribution is 0.00520. The third kappa shape index (κ3) is 11.6. The Balaban J connectivity index is 1.91. The quantitative estimate of drug-likeness (QED) is 0.206. The van der Waals surface area contributed by atoms with Crippen LogP contribution in [0.1, 0.15) is 104 Å². The average molecular weight is 501 g/mol. The fraction of sp³-hybridized carbons (Fsp3) is 0.812. The number of benzene rings is 1. The topological polar surface area (TPSA) is 30.5 Å². The van der Waals surface area contributed by atoms with Crippen molar-refractivity contribution in [3.63, 3.8) is 0 Å². The molecular formula is C32H60N4. The van der Waals surface area contributed by atoms with Crippen molar-refractivity contribution in [2.24, 2.45) is 11.8 Å². The van der Waals surface area contributed by atoms with Crippen molar-refractivity contribution in [1.29, 1.82) is 0 Å². The molecule has 0 spiro atoms. The molecule has 3 unspecified atom stereocenters. The number of hydrogen-bond donors (Lipinski definition) is 2. The first-order chi connectivity index (χ1) is 17.4. The van der Waals surface area contributed by atoms with Crippen molar-refractivity contribution < 1.29 is 0 Å². The predicted octanol–water partition coefficient (Wildman–Crippen LogP) is 6.74. The van der Waals surface area contributed by atoms with E-state index < -0.39 is 0 Å². The molecule has 1 aliphatic rings. The lowest BCUT2D eigenvalue weighted by Crippen LogP contribution is -2.65. The first kappa shape index (κ1) is 31.3. The van der Waals surface area contributed by atoms with Gasteiger partial charge in [-0.3, -0.25) is 9.80 Å². The number of nitrogens with one attached hydrogen (secondary N) is 2. The summed E-state index contributed by atoms with van der Waals surface area (Å²) in [7, 11) is 0. The Morgan fingerprint density at radius 3 is 1.89 bits per heavy atom. The zero-order valence-electron chi connectivity index (χ0n) is 24.8. The molecular weight excluding hydrogens is 440 g/mol. The maximum absolute atomic E-state index is 3.99. The van der Waals surface area contributed by atoms with Crippen LogP contribution in [0, 0.1) is 11.8 Å². The van der Waals surface area contributed by atoms with E-state index in [1.54, 1.807) is 0 Å². The van der Waals surface area contributed by atoms with E-state index in [0.717, 1.165) is 51.2 Å². The number of unbranched alkanes of at least 4 members (excludes halogenated alkanes) is 2. The van der Waals surface area contributed by atoms with E-state index in [0.29, 0.717) is 5.92 Å². The zero-order valence-corrected chi connectivity index (χ0v) is 24.8. The van der Waals surface area contributed by atoms with Gasteiger partial charge in [0, 0.05) is 51.4 Å². The summed E-state index contributed by atoms with van der Waals surface area (Å²) in [5.41, 5.74) is 1.57. The normalized spacial score (nSPS) is 21.9. The molecule has 3 atom stereocenters. The second-order valence-corrected chi connectivity index (χ2v) is 12.0. The highest BCUT2D eigenvalue weighted by molar-refractivity contribution is 5.18. The molecule has 0 amide bonds. The molecule has 2 N–H and O–H groups in total. The molecule has 1 aliphatic heterocycles. The van der Waals surface area contributed by atoms with Crippen LogP contribution in [0.25, 0.3) is 0 Å². The second kappa shape index (κ2) is 17.5. The van der Waals surface area contributed by atoms with Gasteiger partial charge < -0.3 is 10.6 Å². The molecule has 0 aromatic heterocycles.